The molecule has 4 nitrogen and oxygen atoms in total. The quantitative estimate of drug-likeness (QED) is 0.838. The number of carbonyl (C=O) groups excluding carboxylic acids is 1. The molecule has 2 aromatic rings. The van der Waals surface area contributed by atoms with E-state index in [-0.39, 0.29) is 12.0 Å². The smallest absolute Gasteiger partial charge is 0.235 e. The Bertz CT molecular complexity index is 834. The molecule has 4 heteroatoms. The summed E-state index contributed by atoms with van der Waals surface area (Å²) in [5.74, 6) is 0.0434. The van der Waals surface area contributed by atoms with Gasteiger partial charge in [-0.1, -0.05) is 49.6 Å². The third kappa shape index (κ3) is 3.80. The summed E-state index contributed by atoms with van der Waals surface area (Å²) in [6.07, 6.45) is 8.97. The Morgan fingerprint density at radius 3 is 2.77 bits per heavy atom. The highest BCUT2D eigenvalue weighted by atomic mass is 16.5. The molecule has 0 saturated heterocycles. The Kier molecular flexibility index (Phi) is 5.30. The Hall–Kier alpha value is -2.20. The SMILES string of the molecule is O=C(C[C@H]1OCCc2ccccc21)n1ccccc1=NC1CCCCC1. The van der Waals surface area contributed by atoms with Crippen molar-refractivity contribution in [2.45, 2.75) is 57.1 Å². The number of hydrogen-bond donors (Lipinski definition) is 0. The molecule has 0 bridgehead atoms. The number of benzene rings is 1. The molecule has 136 valence electrons. The van der Waals surface area contributed by atoms with Crippen LogP contribution in [0.3, 0.4) is 0 Å². The lowest BCUT2D eigenvalue weighted by Crippen LogP contribution is -2.30. The summed E-state index contributed by atoms with van der Waals surface area (Å²) in [4.78, 5) is 17.9. The summed E-state index contributed by atoms with van der Waals surface area (Å²) in [5.41, 5.74) is 3.21. The van der Waals surface area contributed by atoms with Gasteiger partial charge in [-0.3, -0.25) is 14.4 Å². The lowest BCUT2D eigenvalue weighted by Gasteiger charge is -2.25. The average Bonchev–Trinajstić information content (AvgIpc) is 2.69. The minimum Gasteiger partial charge on any atom is -0.373 e. The zero-order valence-corrected chi connectivity index (χ0v) is 15.1. The number of fused-ring (bicyclic) bond motifs is 1. The second-order valence-corrected chi connectivity index (χ2v) is 7.26. The monoisotopic (exact) mass is 350 g/mol. The molecule has 1 saturated carbocycles. The molecule has 1 atom stereocenters. The molecule has 1 fully saturated rings. The lowest BCUT2D eigenvalue weighted by atomic mass is 9.95. The van der Waals surface area contributed by atoms with Crippen LogP contribution < -0.4 is 5.49 Å². The molecular formula is C22H26N2O2. The number of aromatic nitrogens is 1. The van der Waals surface area contributed by atoms with Crippen LogP contribution in [0.2, 0.25) is 0 Å². The zero-order valence-electron chi connectivity index (χ0n) is 15.1. The maximum atomic E-state index is 13.0. The highest BCUT2D eigenvalue weighted by molar-refractivity contribution is 5.79. The second kappa shape index (κ2) is 8.00. The Morgan fingerprint density at radius 2 is 1.88 bits per heavy atom. The summed E-state index contributed by atoms with van der Waals surface area (Å²) in [5, 5.41) is 0. The van der Waals surface area contributed by atoms with Crippen LogP contribution >= 0.6 is 0 Å². The fourth-order valence-corrected chi connectivity index (χ4v) is 4.05. The first-order valence-corrected chi connectivity index (χ1v) is 9.75. The van der Waals surface area contributed by atoms with Crippen LogP contribution in [0, 0.1) is 0 Å². The van der Waals surface area contributed by atoms with E-state index in [1.165, 1.54) is 24.8 Å². The first-order valence-electron chi connectivity index (χ1n) is 9.75. The molecule has 26 heavy (non-hydrogen) atoms. The topological polar surface area (TPSA) is 43.6 Å². The minimum absolute atomic E-state index is 0.0434. The van der Waals surface area contributed by atoms with Crippen molar-refractivity contribution >= 4 is 5.91 Å². The van der Waals surface area contributed by atoms with E-state index in [1.54, 1.807) is 4.57 Å². The third-order valence-corrected chi connectivity index (χ3v) is 5.45. The molecular weight excluding hydrogens is 324 g/mol. The van der Waals surface area contributed by atoms with Gasteiger partial charge in [-0.05, 0) is 42.5 Å². The zero-order chi connectivity index (χ0) is 17.8. The summed E-state index contributed by atoms with van der Waals surface area (Å²) < 4.78 is 7.63. The van der Waals surface area contributed by atoms with E-state index in [1.807, 2.05) is 30.5 Å². The number of carbonyl (C=O) groups is 1. The summed E-state index contributed by atoms with van der Waals surface area (Å²) in [6.45, 7) is 0.674. The van der Waals surface area contributed by atoms with Crippen molar-refractivity contribution in [2.75, 3.05) is 6.61 Å². The van der Waals surface area contributed by atoms with Crippen LogP contribution in [0.4, 0.5) is 0 Å². The van der Waals surface area contributed by atoms with Crippen molar-refractivity contribution < 1.29 is 9.53 Å². The van der Waals surface area contributed by atoms with E-state index >= 15 is 0 Å². The van der Waals surface area contributed by atoms with Gasteiger partial charge in [0.25, 0.3) is 0 Å². The molecule has 2 heterocycles. The predicted molar refractivity (Wildman–Crippen MR) is 101 cm³/mol. The molecule has 1 aliphatic carbocycles. The molecule has 0 amide bonds. The van der Waals surface area contributed by atoms with Crippen LogP contribution in [-0.4, -0.2) is 23.1 Å². The Balaban J connectivity index is 1.57. The third-order valence-electron chi connectivity index (χ3n) is 5.45. The second-order valence-electron chi connectivity index (χ2n) is 7.26. The van der Waals surface area contributed by atoms with Crippen molar-refractivity contribution in [1.82, 2.24) is 4.57 Å². The van der Waals surface area contributed by atoms with Crippen molar-refractivity contribution in [1.29, 1.82) is 0 Å². The van der Waals surface area contributed by atoms with E-state index in [0.29, 0.717) is 19.1 Å². The average molecular weight is 350 g/mol. The van der Waals surface area contributed by atoms with Gasteiger partial charge in [0.2, 0.25) is 5.91 Å². The first-order chi connectivity index (χ1) is 12.8. The fourth-order valence-electron chi connectivity index (χ4n) is 4.05. The fraction of sp³-hybridized carbons (Fsp3) is 0.455. The standard InChI is InChI=1S/C22H26N2O2/c25-22(16-20-19-11-5-4-8-17(19)13-15-26-20)24-14-7-6-12-21(24)23-18-9-2-1-3-10-18/h4-8,11-12,14,18,20H,1-3,9-10,13,15-16H2/t20-/m1/s1. The van der Waals surface area contributed by atoms with Gasteiger partial charge in [-0.2, -0.15) is 0 Å². The van der Waals surface area contributed by atoms with Gasteiger partial charge in [-0.15, -0.1) is 0 Å². The number of pyridine rings is 1. The van der Waals surface area contributed by atoms with E-state index in [2.05, 4.69) is 18.2 Å². The van der Waals surface area contributed by atoms with E-state index in [0.717, 1.165) is 30.3 Å². The van der Waals surface area contributed by atoms with Crippen LogP contribution in [-0.2, 0) is 11.2 Å². The van der Waals surface area contributed by atoms with Gasteiger partial charge in [0.1, 0.15) is 5.49 Å². The maximum absolute atomic E-state index is 13.0. The Labute approximate surface area is 154 Å². The molecule has 1 aromatic heterocycles. The first kappa shape index (κ1) is 17.2. The Morgan fingerprint density at radius 1 is 1.08 bits per heavy atom. The van der Waals surface area contributed by atoms with Gasteiger partial charge >= 0.3 is 0 Å². The van der Waals surface area contributed by atoms with Crippen molar-refractivity contribution in [3.05, 3.63) is 65.3 Å². The van der Waals surface area contributed by atoms with Gasteiger partial charge in [-0.25, -0.2) is 0 Å². The number of ether oxygens (including phenoxy) is 1. The molecule has 0 unspecified atom stereocenters. The number of hydrogen-bond acceptors (Lipinski definition) is 3. The minimum atomic E-state index is -0.164. The van der Waals surface area contributed by atoms with Crippen LogP contribution in [0.15, 0.2) is 53.7 Å². The predicted octanol–water partition coefficient (Wildman–Crippen LogP) is 4.07. The normalized spacial score (nSPS) is 21.4. The van der Waals surface area contributed by atoms with Crippen LogP contribution in [0.5, 0.6) is 0 Å². The van der Waals surface area contributed by atoms with Gasteiger partial charge in [0.05, 0.1) is 25.2 Å². The molecule has 0 radical (unpaired) electrons. The number of rotatable bonds is 3. The van der Waals surface area contributed by atoms with Crippen LogP contribution in [0.25, 0.3) is 0 Å². The molecule has 0 N–H and O–H groups in total. The van der Waals surface area contributed by atoms with Crippen molar-refractivity contribution in [3.63, 3.8) is 0 Å². The van der Waals surface area contributed by atoms with Crippen molar-refractivity contribution in [3.8, 4) is 0 Å². The summed E-state index contributed by atoms with van der Waals surface area (Å²) in [7, 11) is 0. The summed E-state index contributed by atoms with van der Waals surface area (Å²) in [6, 6.07) is 14.4. The molecule has 2 aliphatic rings. The summed E-state index contributed by atoms with van der Waals surface area (Å²) >= 11 is 0. The van der Waals surface area contributed by atoms with E-state index < -0.39 is 0 Å². The highest BCUT2D eigenvalue weighted by Crippen LogP contribution is 2.29. The van der Waals surface area contributed by atoms with Gasteiger partial charge in [0.15, 0.2) is 0 Å². The largest absolute Gasteiger partial charge is 0.373 e. The van der Waals surface area contributed by atoms with Gasteiger partial charge < -0.3 is 4.74 Å². The maximum Gasteiger partial charge on any atom is 0.235 e. The highest BCUT2D eigenvalue weighted by Gasteiger charge is 2.24. The molecule has 4 rings (SSSR count). The van der Waals surface area contributed by atoms with E-state index in [9.17, 15) is 4.79 Å². The molecule has 1 aliphatic heterocycles. The molecule has 0 spiro atoms. The molecule has 1 aromatic carbocycles. The lowest BCUT2D eigenvalue weighted by molar-refractivity contribution is 0.0320. The van der Waals surface area contributed by atoms with Gasteiger partial charge in [0, 0.05) is 6.20 Å². The number of nitrogens with zero attached hydrogens (tertiary/aromatic N) is 2. The van der Waals surface area contributed by atoms with Crippen molar-refractivity contribution in [2.24, 2.45) is 4.99 Å². The van der Waals surface area contributed by atoms with E-state index in [4.69, 9.17) is 9.73 Å². The van der Waals surface area contributed by atoms with Crippen LogP contribution in [0.1, 0.15) is 60.6 Å².